The Labute approximate surface area is 96.3 Å². The SMILES string of the molecule is C=C(C)C(=O)OCCS(=O)(=O)OCCC.N. The zero-order chi connectivity index (χ0) is 11.9. The summed E-state index contributed by atoms with van der Waals surface area (Å²) in [5.74, 6) is -0.924. The molecule has 0 amide bonds. The van der Waals surface area contributed by atoms with Crippen LogP contribution in [0, 0.1) is 0 Å². The van der Waals surface area contributed by atoms with E-state index in [0.717, 1.165) is 0 Å². The van der Waals surface area contributed by atoms with E-state index in [1.54, 1.807) is 6.92 Å². The molecule has 0 aliphatic carbocycles. The highest BCUT2D eigenvalue weighted by Crippen LogP contribution is 1.97. The quantitative estimate of drug-likeness (QED) is 0.412. The fraction of sp³-hybridized carbons (Fsp3) is 0.667. The molecule has 0 rings (SSSR count). The van der Waals surface area contributed by atoms with Crippen molar-refractivity contribution >= 4 is 16.1 Å². The summed E-state index contributed by atoms with van der Waals surface area (Å²) in [5.41, 5.74) is 0.238. The van der Waals surface area contributed by atoms with Crippen LogP contribution in [0.15, 0.2) is 12.2 Å². The van der Waals surface area contributed by atoms with Gasteiger partial charge >= 0.3 is 5.97 Å². The maximum Gasteiger partial charge on any atom is 0.333 e. The molecule has 0 fully saturated rings. The molecule has 0 spiro atoms. The maximum absolute atomic E-state index is 11.1. The third-order valence-electron chi connectivity index (χ3n) is 1.38. The predicted molar refractivity (Wildman–Crippen MR) is 60.8 cm³/mol. The van der Waals surface area contributed by atoms with Gasteiger partial charge < -0.3 is 10.9 Å². The zero-order valence-corrected chi connectivity index (χ0v) is 10.5. The van der Waals surface area contributed by atoms with Crippen molar-refractivity contribution in [3.8, 4) is 0 Å². The molecule has 7 heteroatoms. The number of hydrogen-bond donors (Lipinski definition) is 1. The van der Waals surface area contributed by atoms with E-state index in [2.05, 4.69) is 15.5 Å². The topological polar surface area (TPSA) is 105 Å². The molecule has 16 heavy (non-hydrogen) atoms. The van der Waals surface area contributed by atoms with Crippen LogP contribution in [0.25, 0.3) is 0 Å². The molecule has 0 radical (unpaired) electrons. The summed E-state index contributed by atoms with van der Waals surface area (Å²) in [7, 11) is -3.57. The summed E-state index contributed by atoms with van der Waals surface area (Å²) in [4.78, 5) is 10.9. The van der Waals surface area contributed by atoms with Gasteiger partial charge in [0, 0.05) is 5.57 Å². The molecule has 6 nitrogen and oxygen atoms in total. The van der Waals surface area contributed by atoms with Crippen LogP contribution in [0.4, 0.5) is 0 Å². The van der Waals surface area contributed by atoms with Gasteiger partial charge in [-0.2, -0.15) is 8.42 Å². The molecule has 0 aliphatic rings. The highest BCUT2D eigenvalue weighted by molar-refractivity contribution is 7.86. The van der Waals surface area contributed by atoms with E-state index in [4.69, 9.17) is 0 Å². The highest BCUT2D eigenvalue weighted by Gasteiger charge is 2.12. The van der Waals surface area contributed by atoms with Gasteiger partial charge in [0.1, 0.15) is 12.4 Å². The average molecular weight is 253 g/mol. The fourth-order valence-corrected chi connectivity index (χ4v) is 1.45. The second-order valence-electron chi connectivity index (χ2n) is 3.00. The summed E-state index contributed by atoms with van der Waals surface area (Å²) in [6, 6.07) is 0. The van der Waals surface area contributed by atoms with Crippen molar-refractivity contribution in [3.63, 3.8) is 0 Å². The van der Waals surface area contributed by atoms with Gasteiger partial charge in [-0.25, -0.2) is 4.79 Å². The lowest BCUT2D eigenvalue weighted by molar-refractivity contribution is -0.138. The number of carbonyl (C=O) groups is 1. The first-order chi connectivity index (χ1) is 6.89. The molecule has 96 valence electrons. The smallest absolute Gasteiger partial charge is 0.333 e. The lowest BCUT2D eigenvalue weighted by atomic mass is 10.4. The minimum atomic E-state index is -3.57. The van der Waals surface area contributed by atoms with Crippen LogP contribution in [0.2, 0.25) is 0 Å². The predicted octanol–water partition coefficient (Wildman–Crippen LogP) is 1.02. The average Bonchev–Trinajstić information content (AvgIpc) is 2.14. The molecular formula is C9H19NO5S. The van der Waals surface area contributed by atoms with E-state index in [-0.39, 0.29) is 30.7 Å². The number of carbonyl (C=O) groups excluding carboxylic acids is 1. The zero-order valence-electron chi connectivity index (χ0n) is 9.69. The molecule has 0 aromatic rings. The summed E-state index contributed by atoms with van der Waals surface area (Å²) in [6.45, 7) is 6.60. The van der Waals surface area contributed by atoms with Crippen LogP contribution in [0.5, 0.6) is 0 Å². The summed E-state index contributed by atoms with van der Waals surface area (Å²) in [5, 5.41) is 0. The van der Waals surface area contributed by atoms with Crippen LogP contribution in [-0.4, -0.2) is 33.4 Å². The summed E-state index contributed by atoms with van der Waals surface area (Å²) in [6.07, 6.45) is 0.616. The molecule has 0 heterocycles. The van der Waals surface area contributed by atoms with E-state index >= 15 is 0 Å². The summed E-state index contributed by atoms with van der Waals surface area (Å²) < 4.78 is 31.4. The standard InChI is InChI=1S/C9H16O5S.H3N/c1-4-5-14-15(11,12)7-6-13-9(10)8(2)3;/h2,4-7H2,1,3H3;1H3. The monoisotopic (exact) mass is 253 g/mol. The lowest BCUT2D eigenvalue weighted by Crippen LogP contribution is -2.18. The second-order valence-corrected chi connectivity index (χ2v) is 4.76. The van der Waals surface area contributed by atoms with Crippen LogP contribution in [0.3, 0.4) is 0 Å². The summed E-state index contributed by atoms with van der Waals surface area (Å²) >= 11 is 0. The van der Waals surface area contributed by atoms with Crippen molar-refractivity contribution < 1.29 is 22.1 Å². The van der Waals surface area contributed by atoms with Crippen LogP contribution in [-0.2, 0) is 23.8 Å². The van der Waals surface area contributed by atoms with Crippen molar-refractivity contribution in [3.05, 3.63) is 12.2 Å². The van der Waals surface area contributed by atoms with Gasteiger partial charge in [-0.05, 0) is 13.3 Å². The highest BCUT2D eigenvalue weighted by atomic mass is 32.2. The van der Waals surface area contributed by atoms with Gasteiger partial charge in [-0.15, -0.1) is 0 Å². The Balaban J connectivity index is 0. The van der Waals surface area contributed by atoms with Gasteiger partial charge in [-0.3, -0.25) is 4.18 Å². The fourth-order valence-electron chi connectivity index (χ4n) is 0.629. The Morgan fingerprint density at radius 1 is 1.31 bits per heavy atom. The molecule has 0 unspecified atom stereocenters. The minimum Gasteiger partial charge on any atom is -0.461 e. The Morgan fingerprint density at radius 2 is 1.88 bits per heavy atom. The number of rotatable bonds is 7. The van der Waals surface area contributed by atoms with Crippen LogP contribution >= 0.6 is 0 Å². The van der Waals surface area contributed by atoms with Crippen LogP contribution in [0.1, 0.15) is 20.3 Å². The van der Waals surface area contributed by atoms with Gasteiger partial charge in [0.05, 0.1) is 6.61 Å². The third-order valence-corrected chi connectivity index (χ3v) is 2.57. The molecule has 0 aromatic carbocycles. The molecule has 3 N–H and O–H groups in total. The van der Waals surface area contributed by atoms with Crippen molar-refractivity contribution in [1.29, 1.82) is 0 Å². The van der Waals surface area contributed by atoms with Crippen molar-refractivity contribution in [1.82, 2.24) is 6.15 Å². The normalized spacial score (nSPS) is 10.4. The molecule has 0 saturated heterocycles. The molecule has 0 aromatic heterocycles. The van der Waals surface area contributed by atoms with Gasteiger partial charge in [0.25, 0.3) is 10.1 Å². The Morgan fingerprint density at radius 3 is 2.31 bits per heavy atom. The first kappa shape index (κ1) is 17.5. The van der Waals surface area contributed by atoms with Crippen molar-refractivity contribution in [2.45, 2.75) is 20.3 Å². The first-order valence-electron chi connectivity index (χ1n) is 4.58. The molecular weight excluding hydrogens is 234 g/mol. The molecule has 0 bridgehead atoms. The van der Waals surface area contributed by atoms with E-state index < -0.39 is 16.1 Å². The molecule has 0 saturated carbocycles. The molecule has 0 atom stereocenters. The maximum atomic E-state index is 11.1. The number of hydrogen-bond acceptors (Lipinski definition) is 6. The van der Waals surface area contributed by atoms with E-state index in [0.29, 0.717) is 6.42 Å². The van der Waals surface area contributed by atoms with Gasteiger partial charge in [0.2, 0.25) is 0 Å². The minimum absolute atomic E-state index is 0. The van der Waals surface area contributed by atoms with Crippen molar-refractivity contribution in [2.75, 3.05) is 19.0 Å². The second kappa shape index (κ2) is 8.26. The Hall–Kier alpha value is -0.920. The van der Waals surface area contributed by atoms with E-state index in [1.165, 1.54) is 6.92 Å². The lowest BCUT2D eigenvalue weighted by Gasteiger charge is -2.05. The van der Waals surface area contributed by atoms with E-state index in [1.807, 2.05) is 0 Å². The Kier molecular flexibility index (Phi) is 9.02. The number of ether oxygens (including phenoxy) is 1. The Bertz CT molecular complexity index is 323. The van der Waals surface area contributed by atoms with Crippen LogP contribution < -0.4 is 6.15 Å². The van der Waals surface area contributed by atoms with Gasteiger partial charge in [-0.1, -0.05) is 13.5 Å². The van der Waals surface area contributed by atoms with Gasteiger partial charge in [0.15, 0.2) is 0 Å². The van der Waals surface area contributed by atoms with E-state index in [9.17, 15) is 13.2 Å². The molecule has 0 aliphatic heterocycles. The largest absolute Gasteiger partial charge is 0.461 e. The first-order valence-corrected chi connectivity index (χ1v) is 6.16. The number of esters is 1. The third kappa shape index (κ3) is 8.39. The van der Waals surface area contributed by atoms with Crippen molar-refractivity contribution in [2.24, 2.45) is 0 Å².